The molecule has 102 valence electrons. The zero-order valence-corrected chi connectivity index (χ0v) is 10.9. The molecule has 20 heavy (non-hydrogen) atoms. The molecule has 0 radical (unpaired) electrons. The lowest BCUT2D eigenvalue weighted by Crippen LogP contribution is -2.35. The molecule has 6 heteroatoms. The highest BCUT2D eigenvalue weighted by atomic mass is 35.5. The van der Waals surface area contributed by atoms with Gasteiger partial charge in [0.25, 0.3) is 5.91 Å². The van der Waals surface area contributed by atoms with Crippen LogP contribution in [0.25, 0.3) is 6.08 Å². The zero-order valence-electron chi connectivity index (χ0n) is 10.1. The second kappa shape index (κ2) is 6.08. The average Bonchev–Trinajstić information content (AvgIpc) is 2.91. The van der Waals surface area contributed by atoms with Gasteiger partial charge in [-0.1, -0.05) is 23.7 Å². The molecular weight excluding hydrogens is 282 g/mol. The molecule has 5 nitrogen and oxygen atoms in total. The van der Waals surface area contributed by atoms with E-state index in [1.165, 1.54) is 18.4 Å². The number of amides is 1. The lowest BCUT2D eigenvalue weighted by molar-refractivity contribution is -0.299. The quantitative estimate of drug-likeness (QED) is 0.864. The van der Waals surface area contributed by atoms with Crippen molar-refractivity contribution in [3.63, 3.8) is 0 Å². The molecule has 0 fully saturated rings. The number of carbonyl (C=O) groups is 2. The van der Waals surface area contributed by atoms with Crippen LogP contribution in [0.4, 0.5) is 0 Å². The first-order valence-corrected chi connectivity index (χ1v) is 5.98. The summed E-state index contributed by atoms with van der Waals surface area (Å²) in [7, 11) is 0. The van der Waals surface area contributed by atoms with Crippen molar-refractivity contribution in [2.45, 2.75) is 0 Å². The minimum atomic E-state index is -1.53. The molecule has 1 amide bonds. The summed E-state index contributed by atoms with van der Waals surface area (Å²) in [5, 5.41) is 13.5. The van der Waals surface area contributed by atoms with E-state index in [0.29, 0.717) is 0 Å². The number of nitrogens with one attached hydrogen (secondary N) is 1. The van der Waals surface area contributed by atoms with Gasteiger partial charge in [-0.15, -0.1) is 0 Å². The van der Waals surface area contributed by atoms with Crippen molar-refractivity contribution in [2.24, 2.45) is 0 Å². The van der Waals surface area contributed by atoms with E-state index in [1.807, 2.05) is 0 Å². The molecule has 0 unspecified atom stereocenters. The lowest BCUT2D eigenvalue weighted by Gasteiger charge is -2.11. The Morgan fingerprint density at radius 1 is 1.20 bits per heavy atom. The van der Waals surface area contributed by atoms with Crippen molar-refractivity contribution in [3.05, 3.63) is 64.7 Å². The SMILES string of the molecule is O=C([O-])/C(=C\c1ccco1)NC(=O)c1ccccc1Cl. The van der Waals surface area contributed by atoms with Gasteiger partial charge in [0.2, 0.25) is 0 Å². The van der Waals surface area contributed by atoms with Crippen molar-refractivity contribution < 1.29 is 19.1 Å². The number of hydrogen-bond acceptors (Lipinski definition) is 4. The Morgan fingerprint density at radius 2 is 1.95 bits per heavy atom. The Labute approximate surface area is 119 Å². The van der Waals surface area contributed by atoms with Crippen molar-refractivity contribution in [1.82, 2.24) is 5.32 Å². The van der Waals surface area contributed by atoms with Crippen LogP contribution in [0.3, 0.4) is 0 Å². The molecule has 0 aliphatic rings. The van der Waals surface area contributed by atoms with E-state index in [2.05, 4.69) is 5.32 Å². The zero-order chi connectivity index (χ0) is 14.5. The normalized spacial score (nSPS) is 11.2. The molecule has 1 aromatic carbocycles. The maximum absolute atomic E-state index is 12.0. The standard InChI is InChI=1S/C14H10ClNO4/c15-11-6-2-1-5-10(11)13(17)16-12(14(18)19)8-9-4-3-7-20-9/h1-8H,(H,16,17)(H,18,19)/p-1/b12-8+. The van der Waals surface area contributed by atoms with E-state index in [-0.39, 0.29) is 16.3 Å². The monoisotopic (exact) mass is 290 g/mol. The Morgan fingerprint density at radius 3 is 2.55 bits per heavy atom. The number of carbonyl (C=O) groups excluding carboxylic acids is 2. The van der Waals surface area contributed by atoms with Crippen LogP contribution in [-0.4, -0.2) is 11.9 Å². The van der Waals surface area contributed by atoms with Crippen LogP contribution in [0.1, 0.15) is 16.1 Å². The third kappa shape index (κ3) is 3.27. The highest BCUT2D eigenvalue weighted by Crippen LogP contribution is 2.15. The smallest absolute Gasteiger partial charge is 0.257 e. The summed E-state index contributed by atoms with van der Waals surface area (Å²) >= 11 is 5.86. The highest BCUT2D eigenvalue weighted by Gasteiger charge is 2.12. The van der Waals surface area contributed by atoms with Crippen LogP contribution in [0.5, 0.6) is 0 Å². The van der Waals surface area contributed by atoms with Gasteiger partial charge in [-0.3, -0.25) is 4.79 Å². The van der Waals surface area contributed by atoms with Crippen LogP contribution in [0.15, 0.2) is 52.8 Å². The van der Waals surface area contributed by atoms with E-state index < -0.39 is 17.6 Å². The summed E-state index contributed by atoms with van der Waals surface area (Å²) < 4.78 is 4.98. The molecule has 1 aromatic heterocycles. The predicted octanol–water partition coefficient (Wildman–Crippen LogP) is 1.45. The average molecular weight is 291 g/mol. The molecule has 0 bridgehead atoms. The molecule has 1 heterocycles. The van der Waals surface area contributed by atoms with Crippen molar-refractivity contribution >= 4 is 29.6 Å². The fourth-order valence-corrected chi connectivity index (χ4v) is 1.72. The van der Waals surface area contributed by atoms with E-state index in [0.717, 1.165) is 6.08 Å². The van der Waals surface area contributed by atoms with E-state index in [1.54, 1.807) is 24.3 Å². The van der Waals surface area contributed by atoms with Gasteiger partial charge in [-0.05, 0) is 24.3 Å². The first-order chi connectivity index (χ1) is 9.58. The molecule has 0 aliphatic carbocycles. The maximum Gasteiger partial charge on any atom is 0.257 e. The first-order valence-electron chi connectivity index (χ1n) is 5.60. The molecule has 0 atom stereocenters. The number of rotatable bonds is 4. The van der Waals surface area contributed by atoms with Gasteiger partial charge in [-0.25, -0.2) is 0 Å². The van der Waals surface area contributed by atoms with Gasteiger partial charge < -0.3 is 19.6 Å². The number of carboxylic acids is 1. The summed E-state index contributed by atoms with van der Waals surface area (Å²) in [5.41, 5.74) is -0.245. The fourth-order valence-electron chi connectivity index (χ4n) is 1.50. The number of aliphatic carboxylic acids is 1. The Bertz CT molecular complexity index is 662. The molecular formula is C14H9ClNO4-. The van der Waals surface area contributed by atoms with Gasteiger partial charge in [-0.2, -0.15) is 0 Å². The number of hydrogen-bond donors (Lipinski definition) is 1. The van der Waals surface area contributed by atoms with Crippen LogP contribution in [0.2, 0.25) is 5.02 Å². The molecule has 2 rings (SSSR count). The Kier molecular flexibility index (Phi) is 4.22. The number of furan rings is 1. The van der Waals surface area contributed by atoms with Gasteiger partial charge in [0, 0.05) is 6.08 Å². The van der Waals surface area contributed by atoms with Crippen LogP contribution < -0.4 is 10.4 Å². The van der Waals surface area contributed by atoms with Crippen LogP contribution >= 0.6 is 11.6 Å². The second-order valence-corrected chi connectivity index (χ2v) is 4.20. The highest BCUT2D eigenvalue weighted by molar-refractivity contribution is 6.34. The van der Waals surface area contributed by atoms with E-state index in [9.17, 15) is 14.7 Å². The summed E-state index contributed by atoms with van der Waals surface area (Å²) in [5.74, 6) is -1.89. The number of halogens is 1. The molecule has 2 aromatic rings. The van der Waals surface area contributed by atoms with Crippen molar-refractivity contribution in [1.29, 1.82) is 0 Å². The van der Waals surface area contributed by atoms with E-state index >= 15 is 0 Å². The molecule has 0 saturated heterocycles. The largest absolute Gasteiger partial charge is 0.543 e. The predicted molar refractivity (Wildman–Crippen MR) is 70.6 cm³/mol. The Balaban J connectivity index is 2.24. The summed E-state index contributed by atoms with van der Waals surface area (Å²) in [6.45, 7) is 0. The van der Waals surface area contributed by atoms with Crippen molar-refractivity contribution in [2.75, 3.05) is 0 Å². The third-order valence-corrected chi connectivity index (χ3v) is 2.75. The molecule has 0 spiro atoms. The molecule has 1 N–H and O–H groups in total. The number of carboxylic acid groups (broad SMARTS) is 1. The van der Waals surface area contributed by atoms with Crippen molar-refractivity contribution in [3.8, 4) is 0 Å². The summed E-state index contributed by atoms with van der Waals surface area (Å²) in [4.78, 5) is 23.0. The molecule has 0 saturated carbocycles. The van der Waals surface area contributed by atoms with Gasteiger partial charge in [0.05, 0.1) is 28.5 Å². The van der Waals surface area contributed by atoms with Crippen LogP contribution in [0, 0.1) is 0 Å². The summed E-state index contributed by atoms with van der Waals surface area (Å²) in [6.07, 6.45) is 2.54. The molecule has 0 aliphatic heterocycles. The third-order valence-electron chi connectivity index (χ3n) is 2.42. The second-order valence-electron chi connectivity index (χ2n) is 3.79. The minimum Gasteiger partial charge on any atom is -0.543 e. The first kappa shape index (κ1) is 13.9. The lowest BCUT2D eigenvalue weighted by atomic mass is 10.2. The topological polar surface area (TPSA) is 82.4 Å². The van der Waals surface area contributed by atoms with Gasteiger partial charge >= 0.3 is 0 Å². The van der Waals surface area contributed by atoms with E-state index in [4.69, 9.17) is 16.0 Å². The maximum atomic E-state index is 12.0. The van der Waals surface area contributed by atoms with Crippen LogP contribution in [-0.2, 0) is 4.79 Å². The minimum absolute atomic E-state index is 0.167. The fraction of sp³-hybridized carbons (Fsp3) is 0. The van der Waals surface area contributed by atoms with Gasteiger partial charge in [0.1, 0.15) is 5.76 Å². The summed E-state index contributed by atoms with van der Waals surface area (Å²) in [6, 6.07) is 9.44. The Hall–Kier alpha value is -2.53. The number of benzene rings is 1. The van der Waals surface area contributed by atoms with Gasteiger partial charge in [0.15, 0.2) is 0 Å².